The van der Waals surface area contributed by atoms with E-state index in [4.69, 9.17) is 14.2 Å². The van der Waals surface area contributed by atoms with Crippen LogP contribution in [0.5, 0.6) is 0 Å². The molecule has 6 nitrogen and oxygen atoms in total. The van der Waals surface area contributed by atoms with Crippen LogP contribution in [0.3, 0.4) is 0 Å². The molecule has 0 aromatic carbocycles. The monoisotopic (exact) mass is 989 g/mol. The minimum absolute atomic E-state index is 0.0818. The van der Waals surface area contributed by atoms with Gasteiger partial charge in [-0.1, -0.05) is 260 Å². The molecular weight excluding hydrogens is 877 g/mol. The maximum Gasteiger partial charge on any atom is 0.306 e. The molecule has 0 spiro atoms. The predicted molar refractivity (Wildman–Crippen MR) is 307 cm³/mol. The first-order valence-corrected chi connectivity index (χ1v) is 30.1. The van der Waals surface area contributed by atoms with Crippen LogP contribution in [0.25, 0.3) is 0 Å². The Morgan fingerprint density at radius 1 is 0.296 bits per heavy atom. The number of rotatable bonds is 54. The normalized spacial score (nSPS) is 12.7. The minimum atomic E-state index is -0.781. The SMILES string of the molecule is CC/C=C\C/C=C\C/C=C\C/C=C\CCCCCCCCC(=O)OC(COC(=O)CCCCCCC)COC(=O)CCCCCCCCCCCCCCCC/C=C\C/C=C\C/C=C\CCCCCCC. The predicted octanol–water partition coefficient (Wildman–Crippen LogP) is 20.3. The molecule has 408 valence electrons. The van der Waals surface area contributed by atoms with Gasteiger partial charge in [-0.25, -0.2) is 0 Å². The average Bonchev–Trinajstić information content (AvgIpc) is 3.37. The molecule has 0 rings (SSSR count). The summed E-state index contributed by atoms with van der Waals surface area (Å²) in [5.74, 6) is -0.905. The summed E-state index contributed by atoms with van der Waals surface area (Å²) in [6.07, 6.45) is 77.7. The van der Waals surface area contributed by atoms with Gasteiger partial charge in [-0.2, -0.15) is 0 Å². The number of allylic oxidation sites excluding steroid dienone is 14. The van der Waals surface area contributed by atoms with Gasteiger partial charge in [0.2, 0.25) is 0 Å². The molecule has 0 radical (unpaired) electrons. The van der Waals surface area contributed by atoms with E-state index < -0.39 is 6.10 Å². The minimum Gasteiger partial charge on any atom is -0.462 e. The van der Waals surface area contributed by atoms with E-state index in [1.165, 1.54) is 135 Å². The molecule has 71 heavy (non-hydrogen) atoms. The Morgan fingerprint density at radius 3 is 0.859 bits per heavy atom. The van der Waals surface area contributed by atoms with Crippen molar-refractivity contribution in [3.63, 3.8) is 0 Å². The summed E-state index contributed by atoms with van der Waals surface area (Å²) in [6, 6.07) is 0. The van der Waals surface area contributed by atoms with E-state index >= 15 is 0 Å². The van der Waals surface area contributed by atoms with Gasteiger partial charge < -0.3 is 14.2 Å². The molecule has 6 heteroatoms. The third-order valence-electron chi connectivity index (χ3n) is 12.9. The number of unbranched alkanes of at least 4 members (excludes halogenated alkanes) is 29. The molecule has 0 aliphatic rings. The van der Waals surface area contributed by atoms with Gasteiger partial charge in [0, 0.05) is 19.3 Å². The first kappa shape index (κ1) is 67.6. The van der Waals surface area contributed by atoms with Crippen LogP contribution < -0.4 is 0 Å². The van der Waals surface area contributed by atoms with E-state index in [1.54, 1.807) is 0 Å². The van der Waals surface area contributed by atoms with Crippen molar-refractivity contribution >= 4 is 17.9 Å². The lowest BCUT2D eigenvalue weighted by Gasteiger charge is -2.18. The highest BCUT2D eigenvalue weighted by Crippen LogP contribution is 2.16. The maximum absolute atomic E-state index is 12.8. The number of esters is 3. The Bertz CT molecular complexity index is 1370. The Balaban J connectivity index is 4.05. The van der Waals surface area contributed by atoms with E-state index in [0.29, 0.717) is 19.3 Å². The quantitative estimate of drug-likeness (QED) is 0.0261. The zero-order valence-electron chi connectivity index (χ0n) is 46.7. The fourth-order valence-corrected chi connectivity index (χ4v) is 8.38. The van der Waals surface area contributed by atoms with Crippen LogP contribution in [-0.4, -0.2) is 37.2 Å². The van der Waals surface area contributed by atoms with E-state index in [-0.39, 0.29) is 31.1 Å². The van der Waals surface area contributed by atoms with Crippen molar-refractivity contribution in [2.24, 2.45) is 0 Å². The Morgan fingerprint density at radius 2 is 0.549 bits per heavy atom. The number of ether oxygens (including phenoxy) is 3. The summed E-state index contributed by atoms with van der Waals surface area (Å²) < 4.78 is 16.7. The second kappa shape index (κ2) is 59.2. The second-order valence-electron chi connectivity index (χ2n) is 19.9. The van der Waals surface area contributed by atoms with Crippen molar-refractivity contribution in [3.05, 3.63) is 85.1 Å². The smallest absolute Gasteiger partial charge is 0.306 e. The van der Waals surface area contributed by atoms with Crippen LogP contribution in [0.2, 0.25) is 0 Å². The van der Waals surface area contributed by atoms with Gasteiger partial charge in [0.05, 0.1) is 0 Å². The van der Waals surface area contributed by atoms with Crippen molar-refractivity contribution in [1.82, 2.24) is 0 Å². The van der Waals surface area contributed by atoms with Gasteiger partial charge in [-0.15, -0.1) is 0 Å². The molecule has 0 saturated heterocycles. The Labute approximate surface area is 439 Å². The third-order valence-corrected chi connectivity index (χ3v) is 12.9. The molecular formula is C65H112O6. The lowest BCUT2D eigenvalue weighted by molar-refractivity contribution is -0.167. The van der Waals surface area contributed by atoms with Crippen LogP contribution in [0, 0.1) is 0 Å². The van der Waals surface area contributed by atoms with E-state index in [2.05, 4.69) is 106 Å². The standard InChI is InChI=1S/C65H112O6/c1-4-7-10-13-15-17-19-21-23-25-27-28-29-30-31-32-33-34-35-36-38-39-41-43-45-47-49-52-55-58-64(67)70-61-62(60-69-63(66)57-54-51-12-9-6-3)71-65(68)59-56-53-50-48-46-44-42-40-37-26-24-22-20-18-16-14-11-8-5-2/h8,11,16,18-19,21-22,24-25,27,29-30,37,40,62H,4-7,9-10,12-15,17,20,23,26,28,31-36,38-39,41-61H2,1-3H3/b11-8-,18-16-,21-19-,24-22-,27-25-,30-29-,40-37-. The van der Waals surface area contributed by atoms with Crippen molar-refractivity contribution in [1.29, 1.82) is 0 Å². The van der Waals surface area contributed by atoms with E-state index in [9.17, 15) is 14.4 Å². The molecule has 0 bridgehead atoms. The zero-order chi connectivity index (χ0) is 51.4. The number of hydrogen-bond donors (Lipinski definition) is 0. The van der Waals surface area contributed by atoms with Gasteiger partial charge >= 0.3 is 17.9 Å². The van der Waals surface area contributed by atoms with Crippen molar-refractivity contribution in [2.45, 2.75) is 297 Å². The van der Waals surface area contributed by atoms with E-state index in [0.717, 1.165) is 116 Å². The largest absolute Gasteiger partial charge is 0.462 e. The Kier molecular flexibility index (Phi) is 56.3. The molecule has 1 atom stereocenters. The molecule has 0 aromatic rings. The highest BCUT2D eigenvalue weighted by molar-refractivity contribution is 5.71. The fraction of sp³-hybridized carbons (Fsp3) is 0.738. The molecule has 0 aliphatic carbocycles. The summed E-state index contributed by atoms with van der Waals surface area (Å²) in [5, 5.41) is 0. The van der Waals surface area contributed by atoms with Crippen molar-refractivity contribution in [2.75, 3.05) is 13.2 Å². The topological polar surface area (TPSA) is 78.9 Å². The van der Waals surface area contributed by atoms with Crippen LogP contribution in [0.4, 0.5) is 0 Å². The van der Waals surface area contributed by atoms with Crippen LogP contribution in [-0.2, 0) is 28.6 Å². The lowest BCUT2D eigenvalue weighted by atomic mass is 10.0. The van der Waals surface area contributed by atoms with Gasteiger partial charge in [0.25, 0.3) is 0 Å². The maximum atomic E-state index is 12.8. The fourth-order valence-electron chi connectivity index (χ4n) is 8.38. The Hall–Kier alpha value is -3.41. The van der Waals surface area contributed by atoms with Gasteiger partial charge in [0.15, 0.2) is 6.10 Å². The lowest BCUT2D eigenvalue weighted by Crippen LogP contribution is -2.30. The van der Waals surface area contributed by atoms with Crippen LogP contribution in [0.1, 0.15) is 290 Å². The van der Waals surface area contributed by atoms with Crippen LogP contribution in [0.15, 0.2) is 85.1 Å². The number of carbonyl (C=O) groups is 3. The van der Waals surface area contributed by atoms with Gasteiger partial charge in [-0.05, 0) is 96.3 Å². The first-order chi connectivity index (χ1) is 35.0. The average molecular weight is 990 g/mol. The van der Waals surface area contributed by atoms with E-state index in [1.807, 2.05) is 0 Å². The first-order valence-electron chi connectivity index (χ1n) is 30.1. The summed E-state index contributed by atoms with van der Waals surface area (Å²) in [5.41, 5.74) is 0. The molecule has 0 heterocycles. The molecule has 0 fully saturated rings. The molecule has 0 aromatic heterocycles. The highest BCUT2D eigenvalue weighted by atomic mass is 16.6. The van der Waals surface area contributed by atoms with Gasteiger partial charge in [-0.3, -0.25) is 14.4 Å². The summed E-state index contributed by atoms with van der Waals surface area (Å²) in [4.78, 5) is 37.8. The molecule has 0 N–H and O–H groups in total. The summed E-state index contributed by atoms with van der Waals surface area (Å²) in [7, 11) is 0. The summed E-state index contributed by atoms with van der Waals surface area (Å²) >= 11 is 0. The molecule has 0 saturated carbocycles. The second-order valence-corrected chi connectivity index (χ2v) is 19.9. The molecule has 0 amide bonds. The van der Waals surface area contributed by atoms with Crippen molar-refractivity contribution in [3.8, 4) is 0 Å². The number of hydrogen-bond acceptors (Lipinski definition) is 6. The number of carbonyl (C=O) groups excluding carboxylic acids is 3. The molecule has 0 aliphatic heterocycles. The van der Waals surface area contributed by atoms with Gasteiger partial charge in [0.1, 0.15) is 13.2 Å². The third kappa shape index (κ3) is 57.4. The van der Waals surface area contributed by atoms with Crippen molar-refractivity contribution < 1.29 is 28.6 Å². The highest BCUT2D eigenvalue weighted by Gasteiger charge is 2.19. The molecule has 1 unspecified atom stereocenters. The summed E-state index contributed by atoms with van der Waals surface area (Å²) in [6.45, 7) is 6.43. The van der Waals surface area contributed by atoms with Crippen LogP contribution >= 0.6 is 0 Å². The zero-order valence-corrected chi connectivity index (χ0v) is 46.7.